The number of hydrogen-bond acceptors (Lipinski definition) is 9. The van der Waals surface area contributed by atoms with Gasteiger partial charge in [-0.1, -0.05) is 18.2 Å². The Morgan fingerprint density at radius 1 is 1.12 bits per heavy atom. The van der Waals surface area contributed by atoms with Gasteiger partial charge in [0.25, 0.3) is 5.69 Å². The molecule has 11 heteroatoms. The fraction of sp³-hybridized carbons (Fsp3) is 0.273. The first-order chi connectivity index (χ1) is 15.6. The predicted molar refractivity (Wildman–Crippen MR) is 117 cm³/mol. The molecular formula is C22H23NO9S. The zero-order valence-corrected chi connectivity index (χ0v) is 18.9. The Bertz CT molecular complexity index is 1270. The Morgan fingerprint density at radius 3 is 2.39 bits per heavy atom. The van der Waals surface area contributed by atoms with Crippen molar-refractivity contribution in [2.24, 2.45) is 0 Å². The van der Waals surface area contributed by atoms with E-state index in [4.69, 9.17) is 13.3 Å². The molecular weight excluding hydrogens is 454 g/mol. The van der Waals surface area contributed by atoms with E-state index in [9.17, 15) is 28.7 Å². The number of aliphatic hydroxyl groups is 2. The predicted octanol–water partition coefficient (Wildman–Crippen LogP) is 3.39. The van der Waals surface area contributed by atoms with Crippen molar-refractivity contribution in [3.8, 4) is 11.5 Å². The monoisotopic (exact) mass is 477 g/mol. The van der Waals surface area contributed by atoms with E-state index in [2.05, 4.69) is 0 Å². The van der Waals surface area contributed by atoms with Crippen LogP contribution < -0.4 is 8.92 Å². The minimum absolute atomic E-state index is 0.0227. The van der Waals surface area contributed by atoms with E-state index in [1.54, 1.807) is 19.9 Å². The maximum Gasteiger partial charge on any atom is 0.346 e. The topological polar surface area (TPSA) is 149 Å². The number of nitrogens with zero attached hydrogens (tertiary/aromatic N) is 1. The normalized spacial score (nSPS) is 13.4. The smallest absolute Gasteiger partial charge is 0.346 e. The minimum Gasteiger partial charge on any atom is -0.493 e. The number of furan rings is 1. The number of ether oxygens (including phenoxy) is 1. The summed E-state index contributed by atoms with van der Waals surface area (Å²) in [7, 11) is -3.28. The van der Waals surface area contributed by atoms with Crippen LogP contribution in [0.5, 0.6) is 11.5 Å². The number of methoxy groups -OCH3 is 1. The van der Waals surface area contributed by atoms with Gasteiger partial charge in [-0.3, -0.25) is 10.1 Å². The molecule has 176 valence electrons. The number of aliphatic hydroxyl groups excluding tert-OH is 2. The number of nitro benzene ring substituents is 1. The molecule has 0 bridgehead atoms. The van der Waals surface area contributed by atoms with Crippen molar-refractivity contribution in [2.45, 2.75) is 30.8 Å². The van der Waals surface area contributed by atoms with Gasteiger partial charge in [-0.15, -0.1) is 0 Å². The molecule has 1 heterocycles. The molecule has 0 unspecified atom stereocenters. The average Bonchev–Trinajstić information content (AvgIpc) is 3.11. The summed E-state index contributed by atoms with van der Waals surface area (Å²) in [4.78, 5) is 9.78. The van der Waals surface area contributed by atoms with Crippen molar-refractivity contribution < 1.29 is 36.9 Å². The average molecular weight is 477 g/mol. The van der Waals surface area contributed by atoms with Gasteiger partial charge in [0, 0.05) is 17.5 Å². The highest BCUT2D eigenvalue weighted by Crippen LogP contribution is 2.38. The minimum atomic E-state index is -4.56. The summed E-state index contributed by atoms with van der Waals surface area (Å²) in [5, 5.41) is 32.0. The van der Waals surface area contributed by atoms with Crippen molar-refractivity contribution in [1.29, 1.82) is 0 Å². The van der Waals surface area contributed by atoms with Crippen molar-refractivity contribution in [2.75, 3.05) is 13.7 Å². The van der Waals surface area contributed by atoms with Crippen LogP contribution in [0, 0.1) is 24.0 Å². The lowest BCUT2D eigenvalue weighted by Crippen LogP contribution is -2.16. The standard InChI is InChI=1S/C22H23NO9S/c1-13-10-16(14(2)31-13)17(12-24)22(25)15-8-9-19(20(11-15)30-3)32-33(28,29)21-7-5-4-6-18(21)23(26)27/h4-11,17,22,24-25H,12H2,1-3H3/t17-,22+/m0/s1. The molecule has 0 saturated heterocycles. The second kappa shape index (κ2) is 9.61. The van der Waals surface area contributed by atoms with Crippen LogP contribution in [0.2, 0.25) is 0 Å². The summed E-state index contributed by atoms with van der Waals surface area (Å²) in [5.74, 6) is 0.255. The molecule has 3 rings (SSSR count). The Kier molecular flexibility index (Phi) is 7.06. The van der Waals surface area contributed by atoms with Gasteiger partial charge in [0.05, 0.1) is 24.7 Å². The number of para-hydroxylation sites is 1. The van der Waals surface area contributed by atoms with E-state index >= 15 is 0 Å². The van der Waals surface area contributed by atoms with E-state index in [0.717, 1.165) is 12.1 Å². The number of hydrogen-bond donors (Lipinski definition) is 2. The first-order valence-corrected chi connectivity index (χ1v) is 11.2. The van der Waals surface area contributed by atoms with Crippen LogP contribution in [0.15, 0.2) is 57.8 Å². The summed E-state index contributed by atoms with van der Waals surface area (Å²) < 4.78 is 41.3. The van der Waals surface area contributed by atoms with Gasteiger partial charge in [0.2, 0.25) is 0 Å². The van der Waals surface area contributed by atoms with Gasteiger partial charge in [-0.25, -0.2) is 0 Å². The van der Waals surface area contributed by atoms with Gasteiger partial charge in [0.1, 0.15) is 11.5 Å². The van der Waals surface area contributed by atoms with E-state index in [1.165, 1.54) is 37.4 Å². The Hall–Kier alpha value is -3.41. The maximum atomic E-state index is 12.7. The molecule has 2 atom stereocenters. The van der Waals surface area contributed by atoms with Gasteiger partial charge in [-0.2, -0.15) is 8.42 Å². The third-order valence-electron chi connectivity index (χ3n) is 5.12. The van der Waals surface area contributed by atoms with Crippen molar-refractivity contribution in [3.05, 3.63) is 81.3 Å². The highest BCUT2D eigenvalue weighted by Gasteiger charge is 2.30. The lowest BCUT2D eigenvalue weighted by atomic mass is 9.89. The van der Waals surface area contributed by atoms with Crippen LogP contribution in [-0.2, 0) is 10.1 Å². The third-order valence-corrected chi connectivity index (χ3v) is 6.40. The van der Waals surface area contributed by atoms with E-state index in [-0.39, 0.29) is 18.1 Å². The molecule has 33 heavy (non-hydrogen) atoms. The summed E-state index contributed by atoms with van der Waals surface area (Å²) in [6, 6.07) is 10.6. The van der Waals surface area contributed by atoms with Gasteiger partial charge >= 0.3 is 10.1 Å². The fourth-order valence-electron chi connectivity index (χ4n) is 3.54. The molecule has 1 aromatic heterocycles. The molecule has 10 nitrogen and oxygen atoms in total. The van der Waals surface area contributed by atoms with Crippen LogP contribution in [0.1, 0.15) is 34.7 Å². The molecule has 0 aliphatic carbocycles. The molecule has 0 aliphatic rings. The van der Waals surface area contributed by atoms with Crippen molar-refractivity contribution >= 4 is 15.8 Å². The van der Waals surface area contributed by atoms with Crippen molar-refractivity contribution in [3.63, 3.8) is 0 Å². The zero-order valence-electron chi connectivity index (χ0n) is 18.1. The quantitative estimate of drug-likeness (QED) is 0.268. The highest BCUT2D eigenvalue weighted by molar-refractivity contribution is 7.87. The van der Waals surface area contributed by atoms with Crippen molar-refractivity contribution in [1.82, 2.24) is 0 Å². The summed E-state index contributed by atoms with van der Waals surface area (Å²) in [6.07, 6.45) is -1.17. The van der Waals surface area contributed by atoms with Gasteiger partial charge in [0.15, 0.2) is 16.4 Å². The van der Waals surface area contributed by atoms with Gasteiger partial charge < -0.3 is 23.6 Å². The first kappa shape index (κ1) is 24.2. The second-order valence-corrected chi connectivity index (χ2v) is 8.79. The lowest BCUT2D eigenvalue weighted by molar-refractivity contribution is -0.387. The SMILES string of the molecule is COc1cc([C@@H](O)[C@@H](CO)c2cc(C)oc2C)ccc1OS(=O)(=O)c1ccccc1[N+](=O)[O-]. The largest absolute Gasteiger partial charge is 0.493 e. The second-order valence-electron chi connectivity index (χ2n) is 7.28. The molecule has 2 N–H and O–H groups in total. The molecule has 3 aromatic rings. The number of aryl methyl sites for hydroxylation is 2. The molecule has 2 aromatic carbocycles. The van der Waals surface area contributed by atoms with E-state index in [1.807, 2.05) is 0 Å². The van der Waals surface area contributed by atoms with Crippen LogP contribution in [0.3, 0.4) is 0 Å². The maximum absolute atomic E-state index is 12.7. The Balaban J connectivity index is 1.94. The first-order valence-electron chi connectivity index (χ1n) is 9.80. The fourth-order valence-corrected chi connectivity index (χ4v) is 4.65. The van der Waals surface area contributed by atoms with Crippen LogP contribution in [0.25, 0.3) is 0 Å². The number of rotatable bonds is 9. The van der Waals surface area contributed by atoms with Crippen LogP contribution in [-0.4, -0.2) is 37.3 Å². The van der Waals surface area contributed by atoms with E-state index in [0.29, 0.717) is 22.6 Å². The zero-order chi connectivity index (χ0) is 24.3. The number of nitro groups is 1. The molecule has 0 amide bonds. The molecule has 0 aliphatic heterocycles. The number of benzene rings is 2. The lowest BCUT2D eigenvalue weighted by Gasteiger charge is -2.22. The van der Waals surface area contributed by atoms with Crippen LogP contribution >= 0.6 is 0 Å². The Morgan fingerprint density at radius 2 is 1.82 bits per heavy atom. The molecule has 0 radical (unpaired) electrons. The highest BCUT2D eigenvalue weighted by atomic mass is 32.2. The third kappa shape index (κ3) is 5.00. The van der Waals surface area contributed by atoms with E-state index < -0.39 is 37.6 Å². The molecule has 0 fully saturated rings. The molecule has 0 spiro atoms. The summed E-state index contributed by atoms with van der Waals surface area (Å²) in [6.45, 7) is 3.11. The summed E-state index contributed by atoms with van der Waals surface area (Å²) in [5.41, 5.74) is 0.348. The summed E-state index contributed by atoms with van der Waals surface area (Å²) >= 11 is 0. The molecule has 0 saturated carbocycles. The Labute approximate surface area is 190 Å². The van der Waals surface area contributed by atoms with Crippen LogP contribution in [0.4, 0.5) is 5.69 Å². The van der Waals surface area contributed by atoms with Gasteiger partial charge in [-0.05, 0) is 43.7 Å².